The van der Waals surface area contributed by atoms with Crippen molar-refractivity contribution >= 4 is 8.24 Å². The van der Waals surface area contributed by atoms with Crippen molar-refractivity contribution in [2.24, 2.45) is 0 Å². The molecule has 1 aliphatic rings. The zero-order valence-electron chi connectivity index (χ0n) is 14.2. The van der Waals surface area contributed by atoms with Crippen LogP contribution in [0.2, 0.25) is 13.1 Å². The van der Waals surface area contributed by atoms with Gasteiger partial charge in [-0.1, -0.05) is 61.6 Å². The summed E-state index contributed by atoms with van der Waals surface area (Å²) in [7, 11) is -1.66. The fourth-order valence-corrected chi connectivity index (χ4v) is 8.11. The number of hydrogen-bond acceptors (Lipinski definition) is 1. The van der Waals surface area contributed by atoms with Gasteiger partial charge < -0.3 is 4.98 Å². The number of benzene rings is 2. The van der Waals surface area contributed by atoms with E-state index >= 15 is 0 Å². The molecule has 0 aliphatic heterocycles. The summed E-state index contributed by atoms with van der Waals surface area (Å²) in [6.07, 6.45) is 0. The van der Waals surface area contributed by atoms with Gasteiger partial charge in [0.1, 0.15) is 8.24 Å². The predicted octanol–water partition coefficient (Wildman–Crippen LogP) is 4.93. The van der Waals surface area contributed by atoms with Crippen LogP contribution < -0.4 is 4.98 Å². The van der Waals surface area contributed by atoms with E-state index in [2.05, 4.69) is 87.4 Å². The number of nitrogens with one attached hydrogen (secondary N) is 1. The van der Waals surface area contributed by atoms with Gasteiger partial charge >= 0.3 is 0 Å². The van der Waals surface area contributed by atoms with Crippen molar-refractivity contribution in [3.63, 3.8) is 0 Å². The Morgan fingerprint density at radius 1 is 0.818 bits per heavy atom. The van der Waals surface area contributed by atoms with E-state index in [0.717, 1.165) is 0 Å². The van der Waals surface area contributed by atoms with E-state index in [1.807, 2.05) is 0 Å². The van der Waals surface area contributed by atoms with Crippen LogP contribution in [0.3, 0.4) is 0 Å². The monoisotopic (exact) mass is 343 g/mol. The van der Waals surface area contributed by atoms with E-state index in [1.54, 1.807) is 0 Å². The molecule has 0 spiro atoms. The minimum atomic E-state index is -1.66. The third-order valence-electron chi connectivity index (χ3n) is 4.25. The second kappa shape index (κ2) is 6.09. The third-order valence-corrected chi connectivity index (χ3v) is 7.71. The van der Waals surface area contributed by atoms with E-state index < -0.39 is 8.24 Å². The Kier molecular flexibility index (Phi) is 4.89. The van der Waals surface area contributed by atoms with Gasteiger partial charge in [0.15, 0.2) is 0 Å². The van der Waals surface area contributed by atoms with Crippen LogP contribution >= 0.6 is 0 Å². The summed E-state index contributed by atoms with van der Waals surface area (Å²) < 4.78 is 0. The van der Waals surface area contributed by atoms with Crippen molar-refractivity contribution in [3.8, 4) is 11.1 Å². The van der Waals surface area contributed by atoms with Gasteiger partial charge in [0.2, 0.25) is 0 Å². The van der Waals surface area contributed by atoms with Crippen LogP contribution in [-0.4, -0.2) is 13.8 Å². The fraction of sp³-hybridized carbons (Fsp3) is 0.368. The van der Waals surface area contributed by atoms with Crippen LogP contribution in [-0.2, 0) is 21.7 Å². The zero-order chi connectivity index (χ0) is 15.3. The van der Waals surface area contributed by atoms with E-state index in [9.17, 15) is 0 Å². The van der Waals surface area contributed by atoms with Crippen molar-refractivity contribution in [2.45, 2.75) is 44.9 Å². The molecule has 0 saturated heterocycles. The minimum absolute atomic E-state index is 0. The first-order valence-corrected chi connectivity index (χ1v) is 10.8. The average Bonchev–Trinajstić information content (AvgIpc) is 2.71. The quantitative estimate of drug-likeness (QED) is 0.763. The first-order chi connectivity index (χ1) is 9.80. The van der Waals surface area contributed by atoms with Gasteiger partial charge in [-0.05, 0) is 43.0 Å². The summed E-state index contributed by atoms with van der Waals surface area (Å²) in [6.45, 7) is 11.7. The van der Waals surface area contributed by atoms with E-state index in [1.165, 1.54) is 22.3 Å². The summed E-state index contributed by atoms with van der Waals surface area (Å²) in [5.41, 5.74) is 6.55. The molecule has 0 aromatic heterocycles. The van der Waals surface area contributed by atoms with Crippen LogP contribution in [0.1, 0.15) is 37.4 Å². The van der Waals surface area contributed by atoms with Gasteiger partial charge in [-0.25, -0.2) is 0 Å². The summed E-state index contributed by atoms with van der Waals surface area (Å²) in [4.78, 5) is 3.96. The molecule has 0 saturated carbocycles. The largest absolute Gasteiger partial charge is 0.332 e. The molecule has 0 atom stereocenters. The standard InChI is InChI=1S/C19H25NSi.Ti/c1-19(2,3)20-21(4,5)18-16-12-8-6-10-14(16)15-11-7-9-13-17(15)18;/h6-13,18,20H,1-5H3;. The van der Waals surface area contributed by atoms with Gasteiger partial charge in [0, 0.05) is 32.8 Å². The van der Waals surface area contributed by atoms with Gasteiger partial charge in [0.25, 0.3) is 0 Å². The Morgan fingerprint density at radius 2 is 1.23 bits per heavy atom. The Morgan fingerprint density at radius 3 is 1.64 bits per heavy atom. The predicted molar refractivity (Wildman–Crippen MR) is 94.1 cm³/mol. The van der Waals surface area contributed by atoms with Crippen molar-refractivity contribution in [1.29, 1.82) is 0 Å². The molecule has 0 amide bonds. The third kappa shape index (κ3) is 3.16. The smallest absolute Gasteiger partial charge is 0.131 e. The number of rotatable bonds is 2. The molecule has 0 bridgehead atoms. The molecular formula is C19H25NSiTi. The average molecular weight is 343 g/mol. The molecule has 0 fully saturated rings. The molecule has 1 aliphatic carbocycles. The summed E-state index contributed by atoms with van der Waals surface area (Å²) in [5.74, 6) is 0. The maximum atomic E-state index is 3.96. The van der Waals surface area contributed by atoms with Gasteiger partial charge in [-0.3, -0.25) is 0 Å². The van der Waals surface area contributed by atoms with Crippen LogP contribution in [0.4, 0.5) is 0 Å². The Hall–Kier alpha value is -0.669. The number of hydrogen-bond donors (Lipinski definition) is 1. The first kappa shape index (κ1) is 17.7. The molecule has 22 heavy (non-hydrogen) atoms. The number of fused-ring (bicyclic) bond motifs is 3. The molecule has 3 rings (SSSR count). The molecule has 0 radical (unpaired) electrons. The van der Waals surface area contributed by atoms with Crippen molar-refractivity contribution in [3.05, 3.63) is 59.7 Å². The molecule has 1 N–H and O–H groups in total. The van der Waals surface area contributed by atoms with Gasteiger partial charge in [0.05, 0.1) is 0 Å². The molecule has 114 valence electrons. The van der Waals surface area contributed by atoms with Crippen LogP contribution in [0.25, 0.3) is 11.1 Å². The van der Waals surface area contributed by atoms with Gasteiger partial charge in [-0.15, -0.1) is 0 Å². The van der Waals surface area contributed by atoms with Crippen LogP contribution in [0.15, 0.2) is 48.5 Å². The van der Waals surface area contributed by atoms with E-state index in [-0.39, 0.29) is 27.3 Å². The Labute approximate surface area is 150 Å². The minimum Gasteiger partial charge on any atom is -0.332 e. The fourth-order valence-electron chi connectivity index (χ4n) is 3.97. The Bertz CT molecular complexity index is 628. The van der Waals surface area contributed by atoms with E-state index in [4.69, 9.17) is 0 Å². The molecule has 0 unspecified atom stereocenters. The maximum absolute atomic E-state index is 3.96. The van der Waals surface area contributed by atoms with Crippen molar-refractivity contribution < 1.29 is 21.7 Å². The first-order valence-electron chi connectivity index (χ1n) is 7.77. The molecule has 2 aromatic carbocycles. The summed E-state index contributed by atoms with van der Waals surface area (Å²) in [6, 6.07) is 17.9. The summed E-state index contributed by atoms with van der Waals surface area (Å²) >= 11 is 0. The Balaban J connectivity index is 0.00000176. The van der Waals surface area contributed by atoms with Crippen molar-refractivity contribution in [1.82, 2.24) is 4.98 Å². The molecule has 0 heterocycles. The SMILES string of the molecule is CC(C)(C)N[Si](C)(C)C1c2ccccc2-c2ccccc21.[Ti]. The molecule has 2 aromatic rings. The second-order valence-electron chi connectivity index (χ2n) is 7.70. The van der Waals surface area contributed by atoms with Crippen LogP contribution in [0, 0.1) is 0 Å². The van der Waals surface area contributed by atoms with Gasteiger partial charge in [-0.2, -0.15) is 0 Å². The normalized spacial score (nSPS) is 14.2. The summed E-state index contributed by atoms with van der Waals surface area (Å²) in [5, 5.41) is 0. The van der Waals surface area contributed by atoms with Crippen molar-refractivity contribution in [2.75, 3.05) is 0 Å². The molecule has 3 heteroatoms. The zero-order valence-corrected chi connectivity index (χ0v) is 16.8. The molecule has 1 nitrogen and oxygen atoms in total. The van der Waals surface area contributed by atoms with Crippen LogP contribution in [0.5, 0.6) is 0 Å². The maximum Gasteiger partial charge on any atom is 0.131 e. The molecular weight excluding hydrogens is 318 g/mol. The topological polar surface area (TPSA) is 12.0 Å². The van der Waals surface area contributed by atoms with E-state index in [0.29, 0.717) is 5.54 Å². The second-order valence-corrected chi connectivity index (χ2v) is 12.0.